The Morgan fingerprint density at radius 2 is 2.10 bits per heavy atom. The van der Waals surface area contributed by atoms with E-state index in [1.807, 2.05) is 24.3 Å². The van der Waals surface area contributed by atoms with Crippen LogP contribution in [0.4, 0.5) is 0 Å². The number of aromatic carboxylic acids is 1. The number of aromatic nitrogens is 1. The highest BCUT2D eigenvalue weighted by atomic mass is 79.9. The van der Waals surface area contributed by atoms with E-state index < -0.39 is 5.97 Å². The molecule has 1 N–H and O–H groups in total. The van der Waals surface area contributed by atoms with Crippen molar-refractivity contribution in [2.24, 2.45) is 0 Å². The van der Waals surface area contributed by atoms with Gasteiger partial charge in [0.05, 0.1) is 0 Å². The number of hydrogen-bond donors (Lipinski definition) is 1. The van der Waals surface area contributed by atoms with Gasteiger partial charge in [0.15, 0.2) is 12.2 Å². The molecule has 0 bridgehead atoms. The second-order valence-electron chi connectivity index (χ2n) is 4.31. The molecular weight excluding hydrogens is 338 g/mol. The van der Waals surface area contributed by atoms with Gasteiger partial charge in [0.1, 0.15) is 16.8 Å². The van der Waals surface area contributed by atoms with Crippen LogP contribution in [-0.4, -0.2) is 16.1 Å². The van der Waals surface area contributed by atoms with Gasteiger partial charge in [-0.25, -0.2) is 9.78 Å². The van der Waals surface area contributed by atoms with Crippen molar-refractivity contribution in [1.82, 2.24) is 4.98 Å². The van der Waals surface area contributed by atoms with Crippen LogP contribution in [0.3, 0.4) is 0 Å². The molecule has 21 heavy (non-hydrogen) atoms. The standard InChI is InChI=1S/C15H10BrNO4/c16-9-5-6-12(10(7-9)15(18)19)20-8-14-17-11-3-1-2-4-13(11)21-14/h1-7H,8H2,(H,18,19). The highest BCUT2D eigenvalue weighted by Crippen LogP contribution is 2.24. The highest BCUT2D eigenvalue weighted by molar-refractivity contribution is 9.10. The normalized spacial score (nSPS) is 10.7. The number of oxazole rings is 1. The van der Waals surface area contributed by atoms with Crippen molar-refractivity contribution in [3.63, 3.8) is 0 Å². The molecule has 0 fully saturated rings. The average Bonchev–Trinajstić information content (AvgIpc) is 2.88. The molecule has 0 saturated carbocycles. The molecule has 5 nitrogen and oxygen atoms in total. The predicted octanol–water partition coefficient (Wildman–Crippen LogP) is 3.87. The van der Waals surface area contributed by atoms with E-state index in [-0.39, 0.29) is 17.9 Å². The van der Waals surface area contributed by atoms with Crippen LogP contribution < -0.4 is 4.74 Å². The number of carbonyl (C=O) groups is 1. The summed E-state index contributed by atoms with van der Waals surface area (Å²) < 4.78 is 11.7. The zero-order chi connectivity index (χ0) is 14.8. The summed E-state index contributed by atoms with van der Waals surface area (Å²) in [6, 6.07) is 12.2. The van der Waals surface area contributed by atoms with E-state index in [1.54, 1.807) is 12.1 Å². The van der Waals surface area contributed by atoms with E-state index in [9.17, 15) is 4.79 Å². The summed E-state index contributed by atoms with van der Waals surface area (Å²) >= 11 is 3.23. The number of carboxylic acid groups (broad SMARTS) is 1. The summed E-state index contributed by atoms with van der Waals surface area (Å²) in [5.74, 6) is -0.382. The molecule has 3 rings (SSSR count). The number of nitrogens with zero attached hydrogens (tertiary/aromatic N) is 1. The van der Waals surface area contributed by atoms with Crippen molar-refractivity contribution < 1.29 is 19.1 Å². The predicted molar refractivity (Wildman–Crippen MR) is 79.4 cm³/mol. The molecule has 3 aromatic rings. The van der Waals surface area contributed by atoms with E-state index in [1.165, 1.54) is 6.07 Å². The molecule has 0 aliphatic heterocycles. The van der Waals surface area contributed by atoms with Crippen molar-refractivity contribution >= 4 is 33.0 Å². The third-order valence-electron chi connectivity index (χ3n) is 2.86. The first-order valence-electron chi connectivity index (χ1n) is 6.13. The Kier molecular flexibility index (Phi) is 3.62. The summed E-state index contributed by atoms with van der Waals surface area (Å²) in [6.45, 7) is 0.0661. The molecule has 0 amide bonds. The third-order valence-corrected chi connectivity index (χ3v) is 3.35. The zero-order valence-electron chi connectivity index (χ0n) is 10.7. The van der Waals surface area contributed by atoms with Crippen LogP contribution >= 0.6 is 15.9 Å². The first kappa shape index (κ1) is 13.6. The monoisotopic (exact) mass is 347 g/mol. The Morgan fingerprint density at radius 1 is 1.29 bits per heavy atom. The minimum absolute atomic E-state index is 0.0661. The van der Waals surface area contributed by atoms with Gasteiger partial charge in [-0.2, -0.15) is 0 Å². The smallest absolute Gasteiger partial charge is 0.339 e. The van der Waals surface area contributed by atoms with Crippen LogP contribution in [0.1, 0.15) is 16.2 Å². The first-order valence-corrected chi connectivity index (χ1v) is 6.93. The van der Waals surface area contributed by atoms with Crippen LogP contribution in [-0.2, 0) is 6.61 Å². The van der Waals surface area contributed by atoms with E-state index >= 15 is 0 Å². The van der Waals surface area contributed by atoms with Crippen molar-refractivity contribution in [3.05, 3.63) is 58.4 Å². The number of halogens is 1. The van der Waals surface area contributed by atoms with Gasteiger partial charge >= 0.3 is 5.97 Å². The lowest BCUT2D eigenvalue weighted by atomic mass is 10.2. The molecule has 0 aliphatic rings. The Bertz CT molecular complexity index is 779. The van der Waals surface area contributed by atoms with Gasteiger partial charge in [-0.15, -0.1) is 0 Å². The number of hydrogen-bond acceptors (Lipinski definition) is 4. The summed E-state index contributed by atoms with van der Waals surface area (Å²) in [4.78, 5) is 15.5. The maximum absolute atomic E-state index is 11.2. The topological polar surface area (TPSA) is 72.6 Å². The fourth-order valence-electron chi connectivity index (χ4n) is 1.92. The van der Waals surface area contributed by atoms with E-state index in [2.05, 4.69) is 20.9 Å². The molecule has 1 aromatic heterocycles. The van der Waals surface area contributed by atoms with E-state index in [4.69, 9.17) is 14.3 Å². The van der Waals surface area contributed by atoms with Crippen LogP contribution in [0.2, 0.25) is 0 Å². The van der Waals surface area contributed by atoms with Gasteiger partial charge in [0, 0.05) is 4.47 Å². The maximum atomic E-state index is 11.2. The number of ether oxygens (including phenoxy) is 1. The third kappa shape index (κ3) is 2.90. The quantitative estimate of drug-likeness (QED) is 0.775. The molecule has 106 valence electrons. The molecule has 1 heterocycles. The maximum Gasteiger partial charge on any atom is 0.339 e. The van der Waals surface area contributed by atoms with Gasteiger partial charge in [-0.05, 0) is 30.3 Å². The minimum Gasteiger partial charge on any atom is -0.483 e. The zero-order valence-corrected chi connectivity index (χ0v) is 12.3. The lowest BCUT2D eigenvalue weighted by Gasteiger charge is -2.07. The van der Waals surface area contributed by atoms with Crippen molar-refractivity contribution in [2.45, 2.75) is 6.61 Å². The number of para-hydroxylation sites is 2. The molecule has 0 spiro atoms. The molecule has 6 heteroatoms. The number of fused-ring (bicyclic) bond motifs is 1. The summed E-state index contributed by atoms with van der Waals surface area (Å²) in [5, 5.41) is 9.16. The molecule has 0 unspecified atom stereocenters. The van der Waals surface area contributed by atoms with Crippen LogP contribution in [0.15, 0.2) is 51.4 Å². The summed E-state index contributed by atoms with van der Waals surface area (Å²) in [5.41, 5.74) is 1.50. The Balaban J connectivity index is 1.83. The van der Waals surface area contributed by atoms with Gasteiger partial charge < -0.3 is 14.3 Å². The molecular formula is C15H10BrNO4. The van der Waals surface area contributed by atoms with Crippen molar-refractivity contribution in [1.29, 1.82) is 0 Å². The fraction of sp³-hybridized carbons (Fsp3) is 0.0667. The van der Waals surface area contributed by atoms with E-state index in [0.29, 0.717) is 15.9 Å². The highest BCUT2D eigenvalue weighted by Gasteiger charge is 2.13. The van der Waals surface area contributed by atoms with Gasteiger partial charge in [0.2, 0.25) is 5.89 Å². The van der Waals surface area contributed by atoms with Crippen LogP contribution in [0, 0.1) is 0 Å². The lowest BCUT2D eigenvalue weighted by Crippen LogP contribution is -2.03. The van der Waals surface area contributed by atoms with Crippen LogP contribution in [0.5, 0.6) is 5.75 Å². The van der Waals surface area contributed by atoms with Gasteiger partial charge in [-0.1, -0.05) is 28.1 Å². The molecule has 0 saturated heterocycles. The first-order chi connectivity index (χ1) is 10.1. The Hall–Kier alpha value is -2.34. The molecule has 0 atom stereocenters. The molecule has 0 radical (unpaired) electrons. The minimum atomic E-state index is -1.05. The number of carboxylic acids is 1. The van der Waals surface area contributed by atoms with Gasteiger partial charge in [-0.3, -0.25) is 0 Å². The lowest BCUT2D eigenvalue weighted by molar-refractivity contribution is 0.0691. The summed E-state index contributed by atoms with van der Waals surface area (Å²) in [6.07, 6.45) is 0. The number of rotatable bonds is 4. The average molecular weight is 348 g/mol. The summed E-state index contributed by atoms with van der Waals surface area (Å²) in [7, 11) is 0. The second-order valence-corrected chi connectivity index (χ2v) is 5.23. The number of benzene rings is 2. The Morgan fingerprint density at radius 3 is 2.86 bits per heavy atom. The molecule has 2 aromatic carbocycles. The SMILES string of the molecule is O=C(O)c1cc(Br)ccc1OCc1nc2ccccc2o1. The van der Waals surface area contributed by atoms with Gasteiger partial charge in [0.25, 0.3) is 0 Å². The molecule has 0 aliphatic carbocycles. The van der Waals surface area contributed by atoms with Crippen molar-refractivity contribution in [3.8, 4) is 5.75 Å². The largest absolute Gasteiger partial charge is 0.483 e. The van der Waals surface area contributed by atoms with Crippen molar-refractivity contribution in [2.75, 3.05) is 0 Å². The fourth-order valence-corrected chi connectivity index (χ4v) is 2.28. The second kappa shape index (κ2) is 5.57. The Labute approximate surface area is 128 Å². The van der Waals surface area contributed by atoms with Crippen LogP contribution in [0.25, 0.3) is 11.1 Å². The van der Waals surface area contributed by atoms with E-state index in [0.717, 1.165) is 5.52 Å².